The Kier molecular flexibility index (Phi) is 3.43. The van der Waals surface area contributed by atoms with Crippen LogP contribution in [0.4, 0.5) is 0 Å². The molecule has 4 unspecified atom stereocenters. The van der Waals surface area contributed by atoms with Gasteiger partial charge in [-0.1, -0.05) is 0 Å². The van der Waals surface area contributed by atoms with Crippen molar-refractivity contribution in [3.8, 4) is 0 Å². The topological polar surface area (TPSA) is 146 Å². The van der Waals surface area contributed by atoms with Gasteiger partial charge in [-0.2, -0.15) is 0 Å². The van der Waals surface area contributed by atoms with Crippen molar-refractivity contribution in [3.05, 3.63) is 24.3 Å². The highest BCUT2D eigenvalue weighted by molar-refractivity contribution is 6.20. The molecule has 3 aliphatic carbocycles. The van der Waals surface area contributed by atoms with Crippen molar-refractivity contribution in [2.75, 3.05) is 0 Å². The summed E-state index contributed by atoms with van der Waals surface area (Å²) in [6.07, 6.45) is 4.83. The maximum Gasteiger partial charge on any atom is 0.167 e. The summed E-state index contributed by atoms with van der Waals surface area (Å²) in [5, 5.41) is 0. The summed E-state index contributed by atoms with van der Waals surface area (Å²) in [7, 11) is 0. The first-order valence-corrected chi connectivity index (χ1v) is 7.13. The fourth-order valence-electron chi connectivity index (χ4n) is 3.95. The molecule has 0 amide bonds. The standard InChI is InChI=1S/C15H17N3O4/c16-13-11(9-5(19)1-2-6(9)20)14(17)15(18)12(13)10-7(21)3-4-8(10)22/h1-4,9-15H,16-18H2. The van der Waals surface area contributed by atoms with Gasteiger partial charge in [0.15, 0.2) is 23.1 Å². The van der Waals surface area contributed by atoms with Gasteiger partial charge in [0, 0.05) is 30.0 Å². The Morgan fingerprint density at radius 3 is 1.09 bits per heavy atom. The lowest BCUT2D eigenvalue weighted by molar-refractivity contribution is -0.128. The minimum Gasteiger partial charge on any atom is -0.327 e. The molecule has 1 saturated carbocycles. The van der Waals surface area contributed by atoms with Crippen molar-refractivity contribution in [1.29, 1.82) is 0 Å². The first-order valence-electron chi connectivity index (χ1n) is 7.13. The number of ketones is 4. The predicted octanol–water partition coefficient (Wildman–Crippen LogP) is -2.14. The van der Waals surface area contributed by atoms with Crippen LogP contribution in [0.5, 0.6) is 0 Å². The van der Waals surface area contributed by atoms with E-state index in [2.05, 4.69) is 0 Å². The van der Waals surface area contributed by atoms with E-state index in [1.165, 1.54) is 24.3 Å². The molecule has 0 saturated heterocycles. The summed E-state index contributed by atoms with van der Waals surface area (Å²) in [6, 6.07) is -2.21. The number of hydrogen-bond acceptors (Lipinski definition) is 7. The minimum atomic E-state index is -0.958. The molecular weight excluding hydrogens is 286 g/mol. The SMILES string of the molecule is NC1C(N)C(C2C(=O)C=CC2=O)C(N)C1C1C(=O)C=CC1=O. The highest BCUT2D eigenvalue weighted by Gasteiger charge is 2.57. The predicted molar refractivity (Wildman–Crippen MR) is 76.2 cm³/mol. The third kappa shape index (κ3) is 1.93. The largest absolute Gasteiger partial charge is 0.327 e. The third-order valence-electron chi connectivity index (χ3n) is 5.04. The van der Waals surface area contributed by atoms with E-state index in [9.17, 15) is 19.2 Å². The highest BCUT2D eigenvalue weighted by Crippen LogP contribution is 2.41. The van der Waals surface area contributed by atoms with Crippen LogP contribution in [0.3, 0.4) is 0 Å². The summed E-state index contributed by atoms with van der Waals surface area (Å²) < 4.78 is 0. The monoisotopic (exact) mass is 303 g/mol. The zero-order valence-electron chi connectivity index (χ0n) is 11.7. The first-order chi connectivity index (χ1) is 10.3. The van der Waals surface area contributed by atoms with E-state index >= 15 is 0 Å². The van der Waals surface area contributed by atoms with Crippen molar-refractivity contribution >= 4 is 23.1 Å². The van der Waals surface area contributed by atoms with Gasteiger partial charge in [0.25, 0.3) is 0 Å². The second-order valence-electron chi connectivity index (χ2n) is 6.12. The number of hydrogen-bond donors (Lipinski definition) is 3. The van der Waals surface area contributed by atoms with Crippen LogP contribution in [0.15, 0.2) is 24.3 Å². The molecule has 0 spiro atoms. The quantitative estimate of drug-likeness (QED) is 0.493. The average Bonchev–Trinajstić information content (AvgIpc) is 3.03. The van der Waals surface area contributed by atoms with Gasteiger partial charge in [-0.25, -0.2) is 0 Å². The molecule has 0 heterocycles. The van der Waals surface area contributed by atoms with E-state index in [0.717, 1.165) is 0 Å². The maximum atomic E-state index is 11.9. The highest BCUT2D eigenvalue weighted by atomic mass is 16.2. The summed E-state index contributed by atoms with van der Waals surface area (Å²) in [5.74, 6) is -4.66. The van der Waals surface area contributed by atoms with Crippen molar-refractivity contribution in [1.82, 2.24) is 0 Å². The summed E-state index contributed by atoms with van der Waals surface area (Å²) in [4.78, 5) is 47.7. The molecule has 6 N–H and O–H groups in total. The maximum absolute atomic E-state index is 11.9. The Labute approximate surface area is 126 Å². The summed E-state index contributed by atoms with van der Waals surface area (Å²) in [6.45, 7) is 0. The van der Waals surface area contributed by atoms with Gasteiger partial charge in [-0.3, -0.25) is 19.2 Å². The van der Waals surface area contributed by atoms with Crippen LogP contribution in [-0.4, -0.2) is 41.3 Å². The average molecular weight is 303 g/mol. The van der Waals surface area contributed by atoms with Crippen molar-refractivity contribution in [3.63, 3.8) is 0 Å². The molecular formula is C15H17N3O4. The smallest absolute Gasteiger partial charge is 0.167 e. The van der Waals surface area contributed by atoms with Gasteiger partial charge >= 0.3 is 0 Å². The fourth-order valence-corrected chi connectivity index (χ4v) is 3.95. The lowest BCUT2D eigenvalue weighted by Gasteiger charge is -2.27. The van der Waals surface area contributed by atoms with Crippen LogP contribution >= 0.6 is 0 Å². The van der Waals surface area contributed by atoms with Crippen LogP contribution in [0, 0.1) is 23.7 Å². The molecule has 1 fully saturated rings. The lowest BCUT2D eigenvalue weighted by atomic mass is 9.78. The van der Waals surface area contributed by atoms with Crippen LogP contribution in [0.1, 0.15) is 0 Å². The van der Waals surface area contributed by atoms with Crippen LogP contribution in [-0.2, 0) is 19.2 Å². The third-order valence-corrected chi connectivity index (χ3v) is 5.04. The molecule has 4 atom stereocenters. The number of carbonyl (C=O) groups excluding carboxylic acids is 4. The molecule has 0 bridgehead atoms. The second kappa shape index (κ2) is 5.05. The Hall–Kier alpha value is -1.96. The molecule has 0 radical (unpaired) electrons. The van der Waals surface area contributed by atoms with E-state index in [1.807, 2.05) is 0 Å². The van der Waals surface area contributed by atoms with Crippen molar-refractivity contribution in [2.24, 2.45) is 40.9 Å². The molecule has 3 rings (SSSR count). The molecule has 0 aromatic carbocycles. The van der Waals surface area contributed by atoms with Gasteiger partial charge < -0.3 is 17.2 Å². The van der Waals surface area contributed by atoms with Crippen LogP contribution < -0.4 is 17.2 Å². The first kappa shape index (κ1) is 15.0. The normalized spacial score (nSPS) is 39.7. The van der Waals surface area contributed by atoms with Gasteiger partial charge in [-0.05, 0) is 24.3 Å². The van der Waals surface area contributed by atoms with E-state index in [0.29, 0.717) is 0 Å². The minimum absolute atomic E-state index is 0.351. The molecule has 7 nitrogen and oxygen atoms in total. The fraction of sp³-hybridized carbons (Fsp3) is 0.467. The lowest BCUT2D eigenvalue weighted by Crippen LogP contribution is -2.48. The molecule has 0 aromatic heterocycles. The Bertz CT molecular complexity index is 549. The molecule has 7 heteroatoms. The van der Waals surface area contributed by atoms with Gasteiger partial charge in [0.2, 0.25) is 0 Å². The molecule has 22 heavy (non-hydrogen) atoms. The Morgan fingerprint density at radius 1 is 0.545 bits per heavy atom. The van der Waals surface area contributed by atoms with Gasteiger partial charge in [0.1, 0.15) is 0 Å². The van der Waals surface area contributed by atoms with E-state index < -0.39 is 41.8 Å². The molecule has 3 aliphatic rings. The van der Waals surface area contributed by atoms with Gasteiger partial charge in [0.05, 0.1) is 11.8 Å². The number of rotatable bonds is 2. The van der Waals surface area contributed by atoms with Crippen molar-refractivity contribution < 1.29 is 19.2 Å². The van der Waals surface area contributed by atoms with Crippen molar-refractivity contribution in [2.45, 2.75) is 18.1 Å². The van der Waals surface area contributed by atoms with E-state index in [4.69, 9.17) is 17.2 Å². The summed E-state index contributed by atoms with van der Waals surface area (Å²) >= 11 is 0. The number of carbonyl (C=O) groups is 4. The molecule has 0 aromatic rings. The number of allylic oxidation sites excluding steroid dienone is 4. The Morgan fingerprint density at radius 2 is 0.818 bits per heavy atom. The second-order valence-corrected chi connectivity index (χ2v) is 6.12. The van der Waals surface area contributed by atoms with Gasteiger partial charge in [-0.15, -0.1) is 0 Å². The van der Waals surface area contributed by atoms with Crippen LogP contribution in [0.25, 0.3) is 0 Å². The van der Waals surface area contributed by atoms with E-state index in [-0.39, 0.29) is 23.1 Å². The molecule has 116 valence electrons. The zero-order chi connectivity index (χ0) is 16.2. The van der Waals surface area contributed by atoms with E-state index in [1.54, 1.807) is 0 Å². The Balaban J connectivity index is 1.93. The molecule has 0 aliphatic heterocycles. The van der Waals surface area contributed by atoms with Crippen LogP contribution in [0.2, 0.25) is 0 Å². The zero-order valence-corrected chi connectivity index (χ0v) is 11.7. The number of nitrogens with two attached hydrogens (primary N) is 3. The summed E-state index contributed by atoms with van der Waals surface area (Å²) in [5.41, 5.74) is 18.4.